The largest absolute Gasteiger partial charge is 0.433 e. The Kier molecular flexibility index (Phi) is 4.10. The van der Waals surface area contributed by atoms with Gasteiger partial charge >= 0.3 is 6.18 Å². The maximum atomic E-state index is 12.6. The fourth-order valence-electron chi connectivity index (χ4n) is 2.20. The molecule has 1 aliphatic heterocycles. The number of halogens is 3. The van der Waals surface area contributed by atoms with Gasteiger partial charge in [0.05, 0.1) is 0 Å². The lowest BCUT2D eigenvalue weighted by Crippen LogP contribution is -2.40. The molecule has 0 unspecified atom stereocenters. The van der Waals surface area contributed by atoms with E-state index in [0.717, 1.165) is 12.3 Å². The number of hydrogen-bond donors (Lipinski definition) is 1. The Hall–Kier alpha value is -1.86. The van der Waals surface area contributed by atoms with Crippen LogP contribution in [0.1, 0.15) is 18.5 Å². The quantitative estimate of drug-likeness (QED) is 0.895. The third-order valence-corrected chi connectivity index (χ3v) is 3.33. The van der Waals surface area contributed by atoms with Crippen LogP contribution in [-0.2, 0) is 11.0 Å². The molecule has 110 valence electrons. The molecular formula is C12H15F3N4O. The third-order valence-electron chi connectivity index (χ3n) is 3.33. The zero-order valence-corrected chi connectivity index (χ0v) is 10.9. The van der Waals surface area contributed by atoms with E-state index in [2.05, 4.69) is 15.3 Å². The summed E-state index contributed by atoms with van der Waals surface area (Å²) in [5, 5.41) is 2.58. The van der Waals surface area contributed by atoms with E-state index in [1.165, 1.54) is 0 Å². The fraction of sp³-hybridized carbons (Fsp3) is 0.583. The Bertz CT molecular complexity index is 484. The molecule has 2 heterocycles. The van der Waals surface area contributed by atoms with Gasteiger partial charge in [-0.1, -0.05) is 0 Å². The zero-order chi connectivity index (χ0) is 14.8. The van der Waals surface area contributed by atoms with Crippen molar-refractivity contribution in [2.45, 2.75) is 19.0 Å². The standard InChI is InChI=1S/C12H15F3N4O/c1-16-10(20)8-3-6-19(7-4-8)11-17-5-2-9(18-11)12(13,14)15/h2,5,8H,3-4,6-7H2,1H3,(H,16,20). The summed E-state index contributed by atoms with van der Waals surface area (Å²) in [7, 11) is 1.57. The number of hydrogen-bond acceptors (Lipinski definition) is 4. The van der Waals surface area contributed by atoms with E-state index in [1.54, 1.807) is 11.9 Å². The van der Waals surface area contributed by atoms with Gasteiger partial charge in [0, 0.05) is 32.3 Å². The topological polar surface area (TPSA) is 58.1 Å². The predicted molar refractivity (Wildman–Crippen MR) is 66.0 cm³/mol. The van der Waals surface area contributed by atoms with Crippen molar-refractivity contribution in [3.63, 3.8) is 0 Å². The highest BCUT2D eigenvalue weighted by Crippen LogP contribution is 2.29. The van der Waals surface area contributed by atoms with E-state index in [-0.39, 0.29) is 17.8 Å². The van der Waals surface area contributed by atoms with E-state index in [1.807, 2.05) is 0 Å². The van der Waals surface area contributed by atoms with E-state index >= 15 is 0 Å². The van der Waals surface area contributed by atoms with Crippen LogP contribution in [0.5, 0.6) is 0 Å². The Morgan fingerprint density at radius 2 is 2.05 bits per heavy atom. The number of carbonyl (C=O) groups excluding carboxylic acids is 1. The highest BCUT2D eigenvalue weighted by atomic mass is 19.4. The molecule has 5 nitrogen and oxygen atoms in total. The Morgan fingerprint density at radius 1 is 1.40 bits per heavy atom. The van der Waals surface area contributed by atoms with E-state index < -0.39 is 11.9 Å². The summed E-state index contributed by atoms with van der Waals surface area (Å²) in [5.41, 5.74) is -0.948. The van der Waals surface area contributed by atoms with Gasteiger partial charge in [0.1, 0.15) is 5.69 Å². The molecule has 0 radical (unpaired) electrons. The molecule has 1 saturated heterocycles. The summed E-state index contributed by atoms with van der Waals surface area (Å²) in [6.45, 7) is 0.943. The van der Waals surface area contributed by atoms with Gasteiger partial charge in [-0.15, -0.1) is 0 Å². The molecule has 1 fully saturated rings. The second kappa shape index (κ2) is 5.64. The van der Waals surface area contributed by atoms with Crippen LogP contribution in [-0.4, -0.2) is 36.0 Å². The summed E-state index contributed by atoms with van der Waals surface area (Å²) in [4.78, 5) is 20.6. The highest BCUT2D eigenvalue weighted by molar-refractivity contribution is 5.78. The molecule has 1 amide bonds. The minimum Gasteiger partial charge on any atom is -0.359 e. The second-order valence-corrected chi connectivity index (χ2v) is 4.62. The number of aromatic nitrogens is 2. The van der Waals surface area contributed by atoms with Gasteiger partial charge in [-0.3, -0.25) is 4.79 Å². The number of amides is 1. The number of carbonyl (C=O) groups is 1. The molecule has 0 saturated carbocycles. The lowest BCUT2D eigenvalue weighted by Gasteiger charge is -2.31. The molecule has 20 heavy (non-hydrogen) atoms. The van der Waals surface area contributed by atoms with Crippen molar-refractivity contribution in [2.24, 2.45) is 5.92 Å². The molecule has 1 aromatic rings. The van der Waals surface area contributed by atoms with Gasteiger partial charge in [0.25, 0.3) is 0 Å². The lowest BCUT2D eigenvalue weighted by molar-refractivity contribution is -0.141. The van der Waals surface area contributed by atoms with Gasteiger partial charge in [-0.25, -0.2) is 9.97 Å². The van der Waals surface area contributed by atoms with Gasteiger partial charge in [0.2, 0.25) is 11.9 Å². The summed E-state index contributed by atoms with van der Waals surface area (Å²) in [6.07, 6.45) is -2.20. The number of rotatable bonds is 2. The molecule has 2 rings (SSSR count). The van der Waals surface area contributed by atoms with Crippen molar-refractivity contribution in [2.75, 3.05) is 25.0 Å². The van der Waals surface area contributed by atoms with E-state index in [9.17, 15) is 18.0 Å². The first-order valence-electron chi connectivity index (χ1n) is 6.28. The van der Waals surface area contributed by atoms with Crippen molar-refractivity contribution in [3.05, 3.63) is 18.0 Å². The number of anilines is 1. The minimum absolute atomic E-state index is 0.0328. The molecule has 1 N–H and O–H groups in total. The van der Waals surface area contributed by atoms with Crippen molar-refractivity contribution >= 4 is 11.9 Å². The van der Waals surface area contributed by atoms with Crippen molar-refractivity contribution in [1.82, 2.24) is 15.3 Å². The first-order chi connectivity index (χ1) is 9.41. The molecule has 8 heteroatoms. The van der Waals surface area contributed by atoms with Crippen LogP contribution in [0, 0.1) is 5.92 Å². The SMILES string of the molecule is CNC(=O)C1CCN(c2nccc(C(F)(F)F)n2)CC1. The van der Waals surface area contributed by atoms with Crippen molar-refractivity contribution in [1.29, 1.82) is 0 Å². The summed E-state index contributed by atoms with van der Waals surface area (Å²) < 4.78 is 37.8. The molecule has 0 aliphatic carbocycles. The smallest absolute Gasteiger partial charge is 0.359 e. The highest BCUT2D eigenvalue weighted by Gasteiger charge is 2.33. The summed E-state index contributed by atoms with van der Waals surface area (Å²) in [5.74, 6) is -0.0631. The van der Waals surface area contributed by atoms with Gasteiger partial charge in [0.15, 0.2) is 0 Å². The lowest BCUT2D eigenvalue weighted by atomic mass is 9.96. The predicted octanol–water partition coefficient (Wildman–Crippen LogP) is 1.46. The molecule has 0 atom stereocenters. The van der Waals surface area contributed by atoms with Crippen LogP contribution in [0.15, 0.2) is 12.3 Å². The summed E-state index contributed by atoms with van der Waals surface area (Å²) >= 11 is 0. The van der Waals surface area contributed by atoms with Crippen LogP contribution < -0.4 is 10.2 Å². The number of piperidine rings is 1. The van der Waals surface area contributed by atoms with Crippen molar-refractivity contribution < 1.29 is 18.0 Å². The van der Waals surface area contributed by atoms with Gasteiger partial charge in [-0.05, 0) is 18.9 Å². The molecule has 0 spiro atoms. The van der Waals surface area contributed by atoms with Crippen LogP contribution in [0.2, 0.25) is 0 Å². The first kappa shape index (κ1) is 14.5. The monoisotopic (exact) mass is 288 g/mol. The van der Waals surface area contributed by atoms with E-state index in [4.69, 9.17) is 0 Å². The minimum atomic E-state index is -4.47. The third kappa shape index (κ3) is 3.17. The van der Waals surface area contributed by atoms with Crippen LogP contribution in [0.3, 0.4) is 0 Å². The average Bonchev–Trinajstić information content (AvgIpc) is 2.46. The van der Waals surface area contributed by atoms with Crippen LogP contribution in [0.25, 0.3) is 0 Å². The Balaban J connectivity index is 2.06. The van der Waals surface area contributed by atoms with E-state index in [0.29, 0.717) is 25.9 Å². The number of nitrogens with one attached hydrogen (secondary N) is 1. The molecule has 1 aliphatic rings. The molecule has 0 bridgehead atoms. The Morgan fingerprint density at radius 3 is 2.60 bits per heavy atom. The molecule has 0 aromatic carbocycles. The molecular weight excluding hydrogens is 273 g/mol. The normalized spacial score (nSPS) is 17.1. The maximum Gasteiger partial charge on any atom is 0.433 e. The fourth-order valence-corrected chi connectivity index (χ4v) is 2.20. The van der Waals surface area contributed by atoms with Crippen LogP contribution in [0.4, 0.5) is 19.1 Å². The van der Waals surface area contributed by atoms with Crippen LogP contribution >= 0.6 is 0 Å². The van der Waals surface area contributed by atoms with Gasteiger partial charge < -0.3 is 10.2 Å². The van der Waals surface area contributed by atoms with Crippen molar-refractivity contribution in [3.8, 4) is 0 Å². The maximum absolute atomic E-state index is 12.6. The Labute approximate surface area is 114 Å². The average molecular weight is 288 g/mol. The number of nitrogens with zero attached hydrogens (tertiary/aromatic N) is 3. The zero-order valence-electron chi connectivity index (χ0n) is 10.9. The summed E-state index contributed by atoms with van der Waals surface area (Å²) in [6, 6.07) is 0.848. The molecule has 1 aromatic heterocycles. The van der Waals surface area contributed by atoms with Gasteiger partial charge in [-0.2, -0.15) is 13.2 Å². The first-order valence-corrected chi connectivity index (χ1v) is 6.28. The number of alkyl halides is 3. The second-order valence-electron chi connectivity index (χ2n) is 4.62.